The number of hydrogen-bond acceptors (Lipinski definition) is 5. The molecule has 0 saturated carbocycles. The average Bonchev–Trinajstić information content (AvgIpc) is 3.04. The van der Waals surface area contributed by atoms with Crippen molar-refractivity contribution < 1.29 is 18.8 Å². The first-order chi connectivity index (χ1) is 12.5. The number of fused-ring (bicyclic) bond motifs is 1. The van der Waals surface area contributed by atoms with Gasteiger partial charge in [0.15, 0.2) is 12.2 Å². The highest BCUT2D eigenvalue weighted by atomic mass is 35.5. The van der Waals surface area contributed by atoms with Crippen LogP contribution in [0.2, 0.25) is 5.02 Å². The minimum Gasteiger partial charge on any atom is -0.440 e. The van der Waals surface area contributed by atoms with Gasteiger partial charge >= 0.3 is 6.08 Å². The fourth-order valence-corrected chi connectivity index (χ4v) is 2.46. The van der Waals surface area contributed by atoms with Crippen molar-refractivity contribution in [3.63, 3.8) is 0 Å². The van der Waals surface area contributed by atoms with Gasteiger partial charge in [0.05, 0.1) is 6.04 Å². The van der Waals surface area contributed by atoms with E-state index in [4.69, 9.17) is 25.6 Å². The molecule has 1 aromatic heterocycles. The number of oxazole rings is 1. The van der Waals surface area contributed by atoms with Gasteiger partial charge in [0.1, 0.15) is 12.1 Å². The Morgan fingerprint density at radius 3 is 2.62 bits per heavy atom. The van der Waals surface area contributed by atoms with Crippen molar-refractivity contribution in [1.82, 2.24) is 10.0 Å². The molecule has 0 N–H and O–H groups in total. The summed E-state index contributed by atoms with van der Waals surface area (Å²) < 4.78 is 10.8. The Morgan fingerprint density at radius 1 is 1.19 bits per heavy atom. The molecular weight excluding hydrogens is 356 g/mol. The number of aromatic nitrogens is 1. The van der Waals surface area contributed by atoms with Gasteiger partial charge in [0.2, 0.25) is 0 Å². The molecule has 0 bridgehead atoms. The first-order valence-electron chi connectivity index (χ1n) is 8.20. The number of nitrogens with zero attached hydrogens (tertiary/aromatic N) is 2. The number of para-hydroxylation sites is 2. The highest BCUT2D eigenvalue weighted by molar-refractivity contribution is 6.30. The predicted octanol–water partition coefficient (Wildman–Crippen LogP) is 4.23. The molecule has 3 rings (SSSR count). The topological polar surface area (TPSA) is 64.8 Å². The minimum absolute atomic E-state index is 0.0564. The zero-order chi connectivity index (χ0) is 18.5. The first-order valence-corrected chi connectivity index (χ1v) is 8.58. The van der Waals surface area contributed by atoms with Crippen LogP contribution in [0.5, 0.6) is 6.08 Å². The smallest absolute Gasteiger partial charge is 0.395 e. The predicted molar refractivity (Wildman–Crippen MR) is 97.7 cm³/mol. The maximum atomic E-state index is 12.4. The summed E-state index contributed by atoms with van der Waals surface area (Å²) >= 11 is 5.87. The standard InChI is InChI=1S/C19H19ClN2O4/c1-13(2)22(25-11-14-7-9-15(20)10-8-14)18(23)12-24-19-21-16-5-3-4-6-17(16)26-19/h3-10,13H,11-12H2,1-2H3. The van der Waals surface area contributed by atoms with Gasteiger partial charge in [0, 0.05) is 5.02 Å². The van der Waals surface area contributed by atoms with Crippen LogP contribution in [-0.4, -0.2) is 28.6 Å². The van der Waals surface area contributed by atoms with Crippen LogP contribution in [0.25, 0.3) is 11.1 Å². The summed E-state index contributed by atoms with van der Waals surface area (Å²) in [5, 5.41) is 1.94. The van der Waals surface area contributed by atoms with Gasteiger partial charge in [-0.15, -0.1) is 0 Å². The van der Waals surface area contributed by atoms with Crippen molar-refractivity contribution in [3.05, 3.63) is 59.1 Å². The fraction of sp³-hybridized carbons (Fsp3) is 0.263. The molecule has 6 nitrogen and oxygen atoms in total. The molecule has 26 heavy (non-hydrogen) atoms. The van der Waals surface area contributed by atoms with E-state index >= 15 is 0 Å². The van der Waals surface area contributed by atoms with E-state index in [-0.39, 0.29) is 31.2 Å². The second kappa shape index (κ2) is 8.21. The molecule has 1 heterocycles. The number of hydrogen-bond donors (Lipinski definition) is 0. The lowest BCUT2D eigenvalue weighted by Crippen LogP contribution is -2.39. The van der Waals surface area contributed by atoms with Crippen molar-refractivity contribution in [3.8, 4) is 6.08 Å². The Morgan fingerprint density at radius 2 is 1.92 bits per heavy atom. The molecule has 0 fully saturated rings. The van der Waals surface area contributed by atoms with Gasteiger partial charge in [0.25, 0.3) is 5.91 Å². The number of hydroxylamine groups is 2. The molecule has 0 saturated heterocycles. The Bertz CT molecular complexity index is 844. The number of halogens is 1. The van der Waals surface area contributed by atoms with Crippen molar-refractivity contribution in [1.29, 1.82) is 0 Å². The van der Waals surface area contributed by atoms with Crippen LogP contribution in [-0.2, 0) is 16.2 Å². The van der Waals surface area contributed by atoms with Crippen molar-refractivity contribution in [2.24, 2.45) is 0 Å². The molecule has 0 unspecified atom stereocenters. The molecule has 1 amide bonds. The molecule has 3 aromatic rings. The lowest BCUT2D eigenvalue weighted by molar-refractivity contribution is -0.204. The quantitative estimate of drug-likeness (QED) is 0.579. The van der Waals surface area contributed by atoms with E-state index in [0.717, 1.165) is 5.56 Å². The highest BCUT2D eigenvalue weighted by Crippen LogP contribution is 2.20. The number of rotatable bonds is 7. The summed E-state index contributed by atoms with van der Waals surface area (Å²) in [5.41, 5.74) is 2.19. The molecule has 0 aliphatic carbocycles. The third-order valence-corrected chi connectivity index (χ3v) is 3.84. The lowest BCUT2D eigenvalue weighted by atomic mass is 10.2. The molecule has 0 radical (unpaired) electrons. The zero-order valence-electron chi connectivity index (χ0n) is 14.5. The van der Waals surface area contributed by atoms with Crippen LogP contribution in [0.1, 0.15) is 19.4 Å². The molecule has 7 heteroatoms. The van der Waals surface area contributed by atoms with E-state index in [1.807, 2.05) is 44.2 Å². The van der Waals surface area contributed by atoms with Crippen molar-refractivity contribution >= 4 is 28.6 Å². The van der Waals surface area contributed by atoms with Gasteiger partial charge < -0.3 is 9.15 Å². The van der Waals surface area contributed by atoms with Crippen LogP contribution < -0.4 is 4.74 Å². The zero-order valence-corrected chi connectivity index (χ0v) is 15.3. The van der Waals surface area contributed by atoms with Gasteiger partial charge in [-0.25, -0.2) is 5.06 Å². The summed E-state index contributed by atoms with van der Waals surface area (Å²) in [4.78, 5) is 22.3. The van der Waals surface area contributed by atoms with E-state index in [0.29, 0.717) is 16.1 Å². The van der Waals surface area contributed by atoms with Crippen LogP contribution in [0, 0.1) is 0 Å². The largest absolute Gasteiger partial charge is 0.440 e. The van der Waals surface area contributed by atoms with Crippen LogP contribution in [0.3, 0.4) is 0 Å². The van der Waals surface area contributed by atoms with E-state index in [9.17, 15) is 4.79 Å². The number of amides is 1. The summed E-state index contributed by atoms with van der Waals surface area (Å²) in [5.74, 6) is -0.323. The van der Waals surface area contributed by atoms with E-state index in [1.165, 1.54) is 5.06 Å². The monoisotopic (exact) mass is 374 g/mol. The first kappa shape index (κ1) is 18.2. The Balaban J connectivity index is 1.58. The van der Waals surface area contributed by atoms with Crippen LogP contribution in [0.15, 0.2) is 52.9 Å². The Hall–Kier alpha value is -2.57. The molecule has 2 aromatic carbocycles. The molecule has 136 valence electrons. The SMILES string of the molecule is CC(C)N(OCc1ccc(Cl)cc1)C(=O)COc1nc2ccccc2o1. The average molecular weight is 375 g/mol. The Kier molecular flexibility index (Phi) is 5.75. The van der Waals surface area contributed by atoms with E-state index < -0.39 is 0 Å². The van der Waals surface area contributed by atoms with Gasteiger partial charge in [-0.3, -0.25) is 9.63 Å². The summed E-state index contributed by atoms with van der Waals surface area (Å²) in [7, 11) is 0. The van der Waals surface area contributed by atoms with E-state index in [1.54, 1.807) is 18.2 Å². The van der Waals surface area contributed by atoms with Crippen LogP contribution in [0.4, 0.5) is 0 Å². The molecule has 0 aliphatic heterocycles. The normalized spacial score (nSPS) is 11.1. The number of benzene rings is 2. The fourth-order valence-electron chi connectivity index (χ4n) is 2.33. The highest BCUT2D eigenvalue weighted by Gasteiger charge is 2.20. The molecule has 0 spiro atoms. The van der Waals surface area contributed by atoms with Crippen molar-refractivity contribution in [2.75, 3.05) is 6.61 Å². The number of carbonyl (C=O) groups excluding carboxylic acids is 1. The maximum absolute atomic E-state index is 12.4. The summed E-state index contributed by atoms with van der Waals surface area (Å²) in [6.07, 6.45) is 0.0564. The minimum atomic E-state index is -0.323. The van der Waals surface area contributed by atoms with Gasteiger partial charge in [-0.1, -0.05) is 35.9 Å². The Labute approximate surface area is 156 Å². The van der Waals surface area contributed by atoms with E-state index in [2.05, 4.69) is 4.98 Å². The maximum Gasteiger partial charge on any atom is 0.395 e. The van der Waals surface area contributed by atoms with Crippen molar-refractivity contribution in [2.45, 2.75) is 26.5 Å². The third kappa shape index (κ3) is 4.53. The summed E-state index contributed by atoms with van der Waals surface area (Å²) in [6.45, 7) is 3.74. The molecule has 0 aliphatic rings. The second-order valence-electron chi connectivity index (χ2n) is 5.95. The van der Waals surface area contributed by atoms with Gasteiger partial charge in [-0.2, -0.15) is 4.98 Å². The number of ether oxygens (including phenoxy) is 1. The molecular formula is C19H19ClN2O4. The summed E-state index contributed by atoms with van der Waals surface area (Å²) in [6, 6.07) is 14.4. The van der Waals surface area contributed by atoms with Gasteiger partial charge in [-0.05, 0) is 43.7 Å². The second-order valence-corrected chi connectivity index (χ2v) is 6.39. The third-order valence-electron chi connectivity index (χ3n) is 3.59. The number of carbonyl (C=O) groups is 1. The van der Waals surface area contributed by atoms with Crippen LogP contribution >= 0.6 is 11.6 Å². The lowest BCUT2D eigenvalue weighted by Gasteiger charge is -2.25. The molecule has 0 atom stereocenters.